The molecule has 0 saturated carbocycles. The summed E-state index contributed by atoms with van der Waals surface area (Å²) in [7, 11) is 4.19. The van der Waals surface area contributed by atoms with Crippen molar-refractivity contribution in [2.45, 2.75) is 18.4 Å². The van der Waals surface area contributed by atoms with Gasteiger partial charge in [-0.25, -0.2) is 0 Å². The minimum Gasteiger partial charge on any atom is -0.305 e. The van der Waals surface area contributed by atoms with Gasteiger partial charge >= 0.3 is 0 Å². The van der Waals surface area contributed by atoms with Crippen molar-refractivity contribution in [3.05, 3.63) is 29.8 Å². The van der Waals surface area contributed by atoms with Gasteiger partial charge in [0.2, 0.25) is 0 Å². The molecule has 2 heteroatoms. The number of hydrogen-bond acceptors (Lipinski definition) is 2. The minimum atomic E-state index is 1.03. The van der Waals surface area contributed by atoms with Crippen LogP contribution in [0.5, 0.6) is 0 Å². The first-order valence-corrected chi connectivity index (χ1v) is 5.57. The van der Waals surface area contributed by atoms with Crippen molar-refractivity contribution in [1.29, 1.82) is 0 Å². The summed E-state index contributed by atoms with van der Waals surface area (Å²) in [5, 5.41) is 0. The van der Waals surface area contributed by atoms with Crippen LogP contribution in [0.4, 0.5) is 0 Å². The zero-order chi connectivity index (χ0) is 9.68. The van der Waals surface area contributed by atoms with Gasteiger partial charge in [-0.15, -0.1) is 11.8 Å². The second-order valence-electron chi connectivity index (χ2n) is 3.32. The maximum absolute atomic E-state index is 2.27. The predicted octanol–water partition coefficient (Wildman–Crippen LogP) is 2.86. The second kappa shape index (κ2) is 5.30. The quantitative estimate of drug-likeness (QED) is 0.680. The summed E-state index contributed by atoms with van der Waals surface area (Å²) < 4.78 is 0. The third-order valence-electron chi connectivity index (χ3n) is 1.71. The van der Waals surface area contributed by atoms with Crippen LogP contribution in [0.25, 0.3) is 0 Å². The lowest BCUT2D eigenvalue weighted by molar-refractivity contribution is 0.402. The van der Waals surface area contributed by atoms with Crippen molar-refractivity contribution in [3.8, 4) is 0 Å². The summed E-state index contributed by atoms with van der Waals surface area (Å²) in [6.07, 6.45) is 0. The van der Waals surface area contributed by atoms with E-state index >= 15 is 0 Å². The Morgan fingerprint density at radius 1 is 1.31 bits per heavy atom. The van der Waals surface area contributed by atoms with Crippen LogP contribution in [0.1, 0.15) is 12.5 Å². The molecular formula is C11H17NS. The van der Waals surface area contributed by atoms with Gasteiger partial charge < -0.3 is 4.90 Å². The average Bonchev–Trinajstić information content (AvgIpc) is 2.04. The van der Waals surface area contributed by atoms with Crippen LogP contribution in [0.3, 0.4) is 0 Å². The average molecular weight is 195 g/mol. The zero-order valence-electron chi connectivity index (χ0n) is 8.58. The zero-order valence-corrected chi connectivity index (χ0v) is 9.40. The van der Waals surface area contributed by atoms with Crippen LogP contribution in [-0.2, 0) is 6.54 Å². The first kappa shape index (κ1) is 10.6. The molecule has 0 aromatic heterocycles. The van der Waals surface area contributed by atoms with Gasteiger partial charge in [0, 0.05) is 11.4 Å². The minimum absolute atomic E-state index is 1.03. The van der Waals surface area contributed by atoms with E-state index in [4.69, 9.17) is 0 Å². The van der Waals surface area contributed by atoms with Gasteiger partial charge in [-0.3, -0.25) is 0 Å². The Kier molecular flexibility index (Phi) is 4.33. The predicted molar refractivity (Wildman–Crippen MR) is 60.2 cm³/mol. The van der Waals surface area contributed by atoms with E-state index in [0.29, 0.717) is 0 Å². The molecule has 0 saturated heterocycles. The van der Waals surface area contributed by atoms with Crippen LogP contribution >= 0.6 is 11.8 Å². The summed E-state index contributed by atoms with van der Waals surface area (Å²) in [5.74, 6) is 1.14. The lowest BCUT2D eigenvalue weighted by Gasteiger charge is -2.10. The number of rotatable bonds is 4. The lowest BCUT2D eigenvalue weighted by Crippen LogP contribution is -2.10. The second-order valence-corrected chi connectivity index (χ2v) is 4.66. The molecule has 1 aromatic rings. The van der Waals surface area contributed by atoms with Gasteiger partial charge in [0.1, 0.15) is 0 Å². The van der Waals surface area contributed by atoms with Crippen molar-refractivity contribution < 1.29 is 0 Å². The lowest BCUT2D eigenvalue weighted by atomic mass is 10.2. The first-order valence-electron chi connectivity index (χ1n) is 4.59. The van der Waals surface area contributed by atoms with Gasteiger partial charge in [-0.1, -0.05) is 19.1 Å². The Morgan fingerprint density at radius 2 is 2.08 bits per heavy atom. The Morgan fingerprint density at radius 3 is 2.69 bits per heavy atom. The van der Waals surface area contributed by atoms with E-state index in [9.17, 15) is 0 Å². The van der Waals surface area contributed by atoms with Crippen molar-refractivity contribution >= 4 is 11.8 Å². The summed E-state index contributed by atoms with van der Waals surface area (Å²) in [4.78, 5) is 3.57. The summed E-state index contributed by atoms with van der Waals surface area (Å²) in [5.41, 5.74) is 1.39. The number of nitrogens with zero attached hydrogens (tertiary/aromatic N) is 1. The molecule has 0 aliphatic rings. The molecule has 0 spiro atoms. The molecule has 1 rings (SSSR count). The van der Waals surface area contributed by atoms with Crippen LogP contribution in [-0.4, -0.2) is 24.7 Å². The fraction of sp³-hybridized carbons (Fsp3) is 0.455. The van der Waals surface area contributed by atoms with E-state index in [2.05, 4.69) is 50.2 Å². The van der Waals surface area contributed by atoms with Crippen molar-refractivity contribution in [2.24, 2.45) is 0 Å². The van der Waals surface area contributed by atoms with Gasteiger partial charge in [0.25, 0.3) is 0 Å². The van der Waals surface area contributed by atoms with Crippen LogP contribution in [0, 0.1) is 0 Å². The van der Waals surface area contributed by atoms with E-state index in [1.165, 1.54) is 10.5 Å². The molecular weight excluding hydrogens is 178 g/mol. The van der Waals surface area contributed by atoms with E-state index < -0.39 is 0 Å². The van der Waals surface area contributed by atoms with Crippen LogP contribution < -0.4 is 0 Å². The fourth-order valence-corrected chi connectivity index (χ4v) is 2.01. The highest BCUT2D eigenvalue weighted by atomic mass is 32.2. The highest BCUT2D eigenvalue weighted by Crippen LogP contribution is 2.18. The molecule has 0 bridgehead atoms. The van der Waals surface area contributed by atoms with Gasteiger partial charge in [-0.05, 0) is 37.5 Å². The SMILES string of the molecule is CCSc1cccc(CN(C)C)c1. The van der Waals surface area contributed by atoms with Gasteiger partial charge in [0.05, 0.1) is 0 Å². The highest BCUT2D eigenvalue weighted by Gasteiger charge is 1.96. The molecule has 0 aliphatic heterocycles. The molecule has 0 aliphatic carbocycles. The Bertz CT molecular complexity index is 258. The van der Waals surface area contributed by atoms with Gasteiger partial charge in [0.15, 0.2) is 0 Å². The molecule has 1 aromatic carbocycles. The largest absolute Gasteiger partial charge is 0.305 e. The maximum Gasteiger partial charge on any atom is 0.0228 e. The van der Waals surface area contributed by atoms with Crippen molar-refractivity contribution in [2.75, 3.05) is 19.8 Å². The molecule has 0 fully saturated rings. The van der Waals surface area contributed by atoms with E-state index in [-0.39, 0.29) is 0 Å². The maximum atomic E-state index is 2.27. The normalized spacial score (nSPS) is 10.8. The molecule has 0 radical (unpaired) electrons. The summed E-state index contributed by atoms with van der Waals surface area (Å²) in [6.45, 7) is 3.21. The molecule has 0 N–H and O–H groups in total. The Labute approximate surface area is 85.1 Å². The molecule has 1 nitrogen and oxygen atoms in total. The standard InChI is InChI=1S/C11H17NS/c1-4-13-11-7-5-6-10(8-11)9-12(2)3/h5-8H,4,9H2,1-3H3. The topological polar surface area (TPSA) is 3.24 Å². The molecule has 0 atom stereocenters. The third kappa shape index (κ3) is 3.83. The fourth-order valence-electron chi connectivity index (χ4n) is 1.27. The van der Waals surface area contributed by atoms with E-state index in [1.807, 2.05) is 11.8 Å². The van der Waals surface area contributed by atoms with Crippen LogP contribution in [0.15, 0.2) is 29.2 Å². The number of benzene rings is 1. The van der Waals surface area contributed by atoms with Crippen molar-refractivity contribution in [1.82, 2.24) is 4.90 Å². The number of hydrogen-bond donors (Lipinski definition) is 0. The molecule has 72 valence electrons. The summed E-state index contributed by atoms with van der Waals surface area (Å²) >= 11 is 1.90. The highest BCUT2D eigenvalue weighted by molar-refractivity contribution is 7.99. The summed E-state index contributed by atoms with van der Waals surface area (Å²) in [6, 6.07) is 8.76. The number of thioether (sulfide) groups is 1. The Hall–Kier alpha value is -0.470. The monoisotopic (exact) mass is 195 g/mol. The smallest absolute Gasteiger partial charge is 0.0228 e. The third-order valence-corrected chi connectivity index (χ3v) is 2.58. The van der Waals surface area contributed by atoms with E-state index in [0.717, 1.165) is 12.3 Å². The molecule has 0 unspecified atom stereocenters. The van der Waals surface area contributed by atoms with Gasteiger partial charge in [-0.2, -0.15) is 0 Å². The first-order chi connectivity index (χ1) is 6.22. The molecule has 0 amide bonds. The van der Waals surface area contributed by atoms with Crippen molar-refractivity contribution in [3.63, 3.8) is 0 Å². The van der Waals surface area contributed by atoms with Crippen LogP contribution in [0.2, 0.25) is 0 Å². The molecule has 0 heterocycles. The Balaban J connectivity index is 2.67. The molecule has 13 heavy (non-hydrogen) atoms. The van der Waals surface area contributed by atoms with E-state index in [1.54, 1.807) is 0 Å².